The Hall–Kier alpha value is -0.0300. The zero-order valence-corrected chi connectivity index (χ0v) is 11.7. The molecule has 0 amide bonds. The summed E-state index contributed by atoms with van der Waals surface area (Å²) in [6.07, 6.45) is 4.81. The van der Waals surface area contributed by atoms with Crippen LogP contribution in [0.5, 0.6) is 0 Å². The Balaban J connectivity index is 1.94. The SMILES string of the molecule is O=C(CC1CCSCC1)C1CCCCS1(=O)=O. The molecule has 0 aromatic heterocycles. The molecule has 1 unspecified atom stereocenters. The summed E-state index contributed by atoms with van der Waals surface area (Å²) >= 11 is 1.93. The fourth-order valence-corrected chi connectivity index (χ4v) is 5.80. The monoisotopic (exact) mass is 276 g/mol. The summed E-state index contributed by atoms with van der Waals surface area (Å²) in [6.45, 7) is 0. The Bertz CT molecular complexity index is 369. The first-order valence-electron chi connectivity index (χ1n) is 6.41. The van der Waals surface area contributed by atoms with Crippen molar-refractivity contribution >= 4 is 27.4 Å². The predicted molar refractivity (Wildman–Crippen MR) is 71.1 cm³/mol. The lowest BCUT2D eigenvalue weighted by Crippen LogP contribution is -2.36. The maximum atomic E-state index is 12.1. The molecule has 2 saturated heterocycles. The lowest BCUT2D eigenvalue weighted by molar-refractivity contribution is -0.119. The average Bonchev–Trinajstić information content (AvgIpc) is 2.29. The van der Waals surface area contributed by atoms with E-state index < -0.39 is 15.1 Å². The summed E-state index contributed by atoms with van der Waals surface area (Å²) in [4.78, 5) is 12.1. The van der Waals surface area contributed by atoms with Gasteiger partial charge < -0.3 is 0 Å². The first-order valence-corrected chi connectivity index (χ1v) is 9.28. The number of Topliss-reactive ketones (excluding diaryl/α,β-unsaturated/α-hetero) is 1. The van der Waals surface area contributed by atoms with Crippen LogP contribution in [0, 0.1) is 5.92 Å². The molecule has 98 valence electrons. The van der Waals surface area contributed by atoms with Crippen molar-refractivity contribution in [3.8, 4) is 0 Å². The highest BCUT2D eigenvalue weighted by atomic mass is 32.2. The molecule has 1 atom stereocenters. The molecule has 3 nitrogen and oxygen atoms in total. The summed E-state index contributed by atoms with van der Waals surface area (Å²) in [6, 6.07) is 0. The predicted octanol–water partition coefficient (Wildman–Crippen LogP) is 2.06. The number of carbonyl (C=O) groups is 1. The van der Waals surface area contributed by atoms with Crippen molar-refractivity contribution in [1.29, 1.82) is 0 Å². The molecule has 2 rings (SSSR count). The molecule has 0 bridgehead atoms. The Labute approximate surface area is 108 Å². The zero-order valence-electron chi connectivity index (χ0n) is 10.1. The fourth-order valence-electron chi connectivity index (χ4n) is 2.68. The number of ketones is 1. The van der Waals surface area contributed by atoms with Crippen LogP contribution in [0.15, 0.2) is 0 Å². The highest BCUT2D eigenvalue weighted by Gasteiger charge is 2.35. The normalized spacial score (nSPS) is 30.0. The van der Waals surface area contributed by atoms with Crippen LogP contribution in [0.2, 0.25) is 0 Å². The molecule has 0 saturated carbocycles. The summed E-state index contributed by atoms with van der Waals surface area (Å²) in [7, 11) is -3.13. The van der Waals surface area contributed by atoms with Crippen LogP contribution in [0.3, 0.4) is 0 Å². The van der Waals surface area contributed by atoms with E-state index in [0.29, 0.717) is 18.8 Å². The molecule has 2 aliphatic rings. The molecular formula is C12H20O3S2. The Kier molecular flexibility index (Phi) is 4.53. The lowest BCUT2D eigenvalue weighted by Gasteiger charge is -2.25. The van der Waals surface area contributed by atoms with Gasteiger partial charge in [0, 0.05) is 6.42 Å². The van der Waals surface area contributed by atoms with Gasteiger partial charge in [-0.05, 0) is 43.1 Å². The molecule has 5 heteroatoms. The van der Waals surface area contributed by atoms with Crippen LogP contribution in [-0.4, -0.2) is 36.7 Å². The van der Waals surface area contributed by atoms with Crippen LogP contribution in [0.25, 0.3) is 0 Å². The minimum absolute atomic E-state index is 0.0124. The van der Waals surface area contributed by atoms with E-state index in [4.69, 9.17) is 0 Å². The van der Waals surface area contributed by atoms with Crippen molar-refractivity contribution in [3.05, 3.63) is 0 Å². The highest BCUT2D eigenvalue weighted by Crippen LogP contribution is 2.28. The second kappa shape index (κ2) is 5.74. The van der Waals surface area contributed by atoms with Crippen LogP contribution in [-0.2, 0) is 14.6 Å². The van der Waals surface area contributed by atoms with Crippen molar-refractivity contribution in [2.75, 3.05) is 17.3 Å². The van der Waals surface area contributed by atoms with E-state index in [0.717, 1.165) is 37.2 Å². The average molecular weight is 276 g/mol. The number of thioether (sulfide) groups is 1. The Morgan fingerprint density at radius 1 is 1.12 bits per heavy atom. The minimum atomic E-state index is -3.13. The van der Waals surface area contributed by atoms with Gasteiger partial charge in [-0.2, -0.15) is 11.8 Å². The van der Waals surface area contributed by atoms with E-state index in [-0.39, 0.29) is 11.5 Å². The molecule has 0 N–H and O–H groups in total. The molecule has 0 aromatic carbocycles. The van der Waals surface area contributed by atoms with Crippen LogP contribution in [0.4, 0.5) is 0 Å². The Morgan fingerprint density at radius 3 is 2.47 bits per heavy atom. The standard InChI is InChI=1S/C12H20O3S2/c13-11(9-10-4-6-16-7-5-10)12-3-1-2-8-17(12,14)15/h10,12H,1-9H2. The molecule has 0 spiro atoms. The largest absolute Gasteiger partial charge is 0.298 e. The van der Waals surface area contributed by atoms with Gasteiger partial charge in [0.15, 0.2) is 15.6 Å². The summed E-state index contributed by atoms with van der Waals surface area (Å²) in [5.41, 5.74) is 0. The van der Waals surface area contributed by atoms with Crippen molar-refractivity contribution in [3.63, 3.8) is 0 Å². The topological polar surface area (TPSA) is 51.2 Å². The molecule has 17 heavy (non-hydrogen) atoms. The fraction of sp³-hybridized carbons (Fsp3) is 0.917. The number of sulfone groups is 1. The molecule has 0 aromatic rings. The van der Waals surface area contributed by atoms with E-state index >= 15 is 0 Å². The van der Waals surface area contributed by atoms with Crippen molar-refractivity contribution < 1.29 is 13.2 Å². The van der Waals surface area contributed by atoms with Gasteiger partial charge in [-0.25, -0.2) is 8.42 Å². The van der Waals surface area contributed by atoms with Crippen LogP contribution < -0.4 is 0 Å². The van der Waals surface area contributed by atoms with E-state index in [9.17, 15) is 13.2 Å². The third-order valence-corrected chi connectivity index (χ3v) is 7.04. The third kappa shape index (κ3) is 3.47. The summed E-state index contributed by atoms with van der Waals surface area (Å²) in [5, 5.41) is -0.675. The highest BCUT2D eigenvalue weighted by molar-refractivity contribution is 7.99. The lowest BCUT2D eigenvalue weighted by atomic mass is 9.94. The van der Waals surface area contributed by atoms with Gasteiger partial charge in [0.1, 0.15) is 5.25 Å². The first-order chi connectivity index (χ1) is 8.09. The number of carbonyl (C=O) groups excluding carboxylic acids is 1. The summed E-state index contributed by atoms with van der Waals surface area (Å²) < 4.78 is 23.7. The molecule has 2 aliphatic heterocycles. The Morgan fingerprint density at radius 2 is 1.82 bits per heavy atom. The minimum Gasteiger partial charge on any atom is -0.298 e. The number of hydrogen-bond acceptors (Lipinski definition) is 4. The smallest absolute Gasteiger partial charge is 0.160 e. The second-order valence-corrected chi connectivity index (χ2v) is 8.61. The molecule has 0 radical (unpaired) electrons. The van der Waals surface area contributed by atoms with Gasteiger partial charge in [0.25, 0.3) is 0 Å². The maximum absolute atomic E-state index is 12.1. The molecule has 0 aliphatic carbocycles. The van der Waals surface area contributed by atoms with Crippen LogP contribution in [0.1, 0.15) is 38.5 Å². The van der Waals surface area contributed by atoms with E-state index in [1.807, 2.05) is 11.8 Å². The van der Waals surface area contributed by atoms with Crippen molar-refractivity contribution in [2.24, 2.45) is 5.92 Å². The van der Waals surface area contributed by atoms with Gasteiger partial charge in [0.2, 0.25) is 0 Å². The van der Waals surface area contributed by atoms with Gasteiger partial charge in [-0.1, -0.05) is 6.42 Å². The molecular weight excluding hydrogens is 256 g/mol. The number of hydrogen-bond donors (Lipinski definition) is 0. The van der Waals surface area contributed by atoms with Crippen molar-refractivity contribution in [2.45, 2.75) is 43.8 Å². The zero-order chi connectivity index (χ0) is 12.3. The quantitative estimate of drug-likeness (QED) is 0.791. The van der Waals surface area contributed by atoms with Gasteiger partial charge in [0.05, 0.1) is 5.75 Å². The molecule has 2 fully saturated rings. The first kappa shape index (κ1) is 13.4. The summed E-state index contributed by atoms with van der Waals surface area (Å²) in [5.74, 6) is 2.87. The van der Waals surface area contributed by atoms with Gasteiger partial charge in [-0.15, -0.1) is 0 Å². The van der Waals surface area contributed by atoms with Crippen molar-refractivity contribution in [1.82, 2.24) is 0 Å². The second-order valence-electron chi connectivity index (χ2n) is 5.08. The van der Waals surface area contributed by atoms with E-state index in [1.54, 1.807) is 0 Å². The van der Waals surface area contributed by atoms with Gasteiger partial charge in [-0.3, -0.25) is 4.79 Å². The number of rotatable bonds is 3. The third-order valence-electron chi connectivity index (χ3n) is 3.77. The van der Waals surface area contributed by atoms with E-state index in [1.165, 1.54) is 0 Å². The van der Waals surface area contributed by atoms with Crippen LogP contribution >= 0.6 is 11.8 Å². The maximum Gasteiger partial charge on any atom is 0.160 e. The molecule has 2 heterocycles. The van der Waals surface area contributed by atoms with Gasteiger partial charge >= 0.3 is 0 Å². The van der Waals surface area contributed by atoms with E-state index in [2.05, 4.69) is 0 Å².